The maximum absolute atomic E-state index is 12.6. The average Bonchev–Trinajstić information content (AvgIpc) is 2.98. The van der Waals surface area contributed by atoms with Crippen LogP contribution in [0.25, 0.3) is 0 Å². The molecule has 1 aliphatic heterocycles. The van der Waals surface area contributed by atoms with E-state index >= 15 is 0 Å². The van der Waals surface area contributed by atoms with Crippen molar-refractivity contribution in [2.75, 3.05) is 18.5 Å². The maximum atomic E-state index is 12.6. The molecule has 0 unspecified atom stereocenters. The number of anilines is 1. The number of carbonyl (C=O) groups is 1. The van der Waals surface area contributed by atoms with Gasteiger partial charge in [0, 0.05) is 23.8 Å². The number of hydrogen-bond acceptors (Lipinski definition) is 3. The van der Waals surface area contributed by atoms with Gasteiger partial charge in [0.05, 0.1) is 13.0 Å². The molecule has 1 amide bonds. The van der Waals surface area contributed by atoms with E-state index < -0.39 is 0 Å². The molecule has 224 valence electrons. The Kier molecular flexibility index (Phi) is 16.2. The first kappa shape index (κ1) is 32.8. The van der Waals surface area contributed by atoms with Crippen molar-refractivity contribution in [3.05, 3.63) is 83.0 Å². The highest BCUT2D eigenvalue weighted by Crippen LogP contribution is 2.24. The summed E-state index contributed by atoms with van der Waals surface area (Å²) in [6.07, 6.45) is 27.4. The highest BCUT2D eigenvalue weighted by atomic mass is 35.5. The molecule has 0 bridgehead atoms. The van der Waals surface area contributed by atoms with Crippen LogP contribution in [0.2, 0.25) is 5.02 Å². The molecule has 1 N–H and O–H groups in total. The van der Waals surface area contributed by atoms with Gasteiger partial charge in [0.25, 0.3) is 0 Å². The van der Waals surface area contributed by atoms with Gasteiger partial charge in [0.1, 0.15) is 5.75 Å². The van der Waals surface area contributed by atoms with Gasteiger partial charge >= 0.3 is 0 Å². The minimum absolute atomic E-state index is 0.0835. The molecule has 41 heavy (non-hydrogen) atoms. The summed E-state index contributed by atoms with van der Waals surface area (Å²) in [5, 5.41) is 3.55. The van der Waals surface area contributed by atoms with E-state index in [4.69, 9.17) is 16.3 Å². The first-order chi connectivity index (χ1) is 20.1. The van der Waals surface area contributed by atoms with Gasteiger partial charge in [-0.05, 0) is 54.1 Å². The second-order valence-corrected chi connectivity index (χ2v) is 11.7. The Morgan fingerprint density at radius 3 is 2.05 bits per heavy atom. The molecule has 0 spiro atoms. The number of amides is 1. The summed E-state index contributed by atoms with van der Waals surface area (Å²) >= 11 is 6.49. The summed E-state index contributed by atoms with van der Waals surface area (Å²) in [5.74, 6) is 0.684. The van der Waals surface area contributed by atoms with E-state index in [1.54, 1.807) is 0 Å². The molecular weight excluding hydrogens is 528 g/mol. The third-order valence-corrected chi connectivity index (χ3v) is 8.00. The van der Waals surface area contributed by atoms with E-state index in [0.29, 0.717) is 11.6 Å². The smallest absolute Gasteiger partial charge is 0.228 e. The Hall–Kier alpha value is -2.72. The third-order valence-electron chi connectivity index (χ3n) is 7.65. The van der Waals surface area contributed by atoms with E-state index in [0.717, 1.165) is 36.5 Å². The summed E-state index contributed by atoms with van der Waals surface area (Å²) in [6.45, 7) is 4.74. The summed E-state index contributed by atoms with van der Waals surface area (Å²) in [6, 6.07) is 13.6. The van der Waals surface area contributed by atoms with Crippen LogP contribution >= 0.6 is 11.6 Å². The molecule has 0 saturated carbocycles. The van der Waals surface area contributed by atoms with Crippen molar-refractivity contribution < 1.29 is 9.53 Å². The molecule has 2 aromatic rings. The van der Waals surface area contributed by atoms with E-state index in [1.807, 2.05) is 36.4 Å². The van der Waals surface area contributed by atoms with Crippen molar-refractivity contribution in [1.29, 1.82) is 0 Å². The normalized spacial score (nSPS) is 12.6. The Morgan fingerprint density at radius 2 is 1.46 bits per heavy atom. The molecule has 5 heteroatoms. The van der Waals surface area contributed by atoms with Crippen LogP contribution in [-0.2, 0) is 17.8 Å². The van der Waals surface area contributed by atoms with Crippen LogP contribution in [0.5, 0.6) is 5.75 Å². The van der Waals surface area contributed by atoms with E-state index in [-0.39, 0.29) is 12.3 Å². The van der Waals surface area contributed by atoms with Crippen molar-refractivity contribution in [2.45, 2.75) is 110 Å². The van der Waals surface area contributed by atoms with Crippen molar-refractivity contribution >= 4 is 23.2 Å². The Labute approximate surface area is 254 Å². The zero-order chi connectivity index (χ0) is 29.0. The number of nitrogens with one attached hydrogen (secondary N) is 1. The number of benzene rings is 2. The Bertz CT molecular complexity index is 1060. The zero-order valence-electron chi connectivity index (χ0n) is 25.2. The molecule has 1 aliphatic rings. The van der Waals surface area contributed by atoms with Crippen molar-refractivity contribution in [3.63, 3.8) is 0 Å². The standard InChI is InChI=1S/C36H51ClN2O2/c1-2-3-4-5-6-7-8-9-10-11-12-13-14-18-27-41-34-24-21-32(35(37)29-34)28-36(40)38-33-22-19-31(20-23-33)30-39-25-16-15-17-26-39/h15-17,19-25,29H,2-14,18,26-28,30H2,1H3,(H,38,40). The number of rotatable bonds is 21. The average molecular weight is 579 g/mol. The summed E-state index contributed by atoms with van der Waals surface area (Å²) in [7, 11) is 0. The van der Waals surface area contributed by atoms with Crippen LogP contribution in [0.1, 0.15) is 108 Å². The number of unbranched alkanes of at least 4 members (excludes halogenated alkanes) is 13. The first-order valence-corrected chi connectivity index (χ1v) is 16.4. The second kappa shape index (κ2) is 20.2. The summed E-state index contributed by atoms with van der Waals surface area (Å²) in [4.78, 5) is 14.9. The molecule has 0 radical (unpaired) electrons. The molecule has 0 aromatic heterocycles. The fourth-order valence-corrected chi connectivity index (χ4v) is 5.42. The lowest BCUT2D eigenvalue weighted by Gasteiger charge is -2.20. The summed E-state index contributed by atoms with van der Waals surface area (Å²) < 4.78 is 5.92. The van der Waals surface area contributed by atoms with Crippen molar-refractivity contribution in [2.24, 2.45) is 0 Å². The molecule has 2 aromatic carbocycles. The minimum atomic E-state index is -0.0835. The number of hydrogen-bond donors (Lipinski definition) is 1. The van der Waals surface area contributed by atoms with Crippen LogP contribution in [0.4, 0.5) is 5.69 Å². The van der Waals surface area contributed by atoms with E-state index in [2.05, 4.69) is 47.6 Å². The van der Waals surface area contributed by atoms with Gasteiger partial charge in [-0.15, -0.1) is 0 Å². The first-order valence-electron chi connectivity index (χ1n) is 16.0. The number of carbonyl (C=O) groups excluding carboxylic acids is 1. The van der Waals surface area contributed by atoms with Gasteiger partial charge in [-0.2, -0.15) is 0 Å². The van der Waals surface area contributed by atoms with Gasteiger partial charge < -0.3 is 15.0 Å². The highest BCUT2D eigenvalue weighted by Gasteiger charge is 2.10. The van der Waals surface area contributed by atoms with Crippen LogP contribution in [0.3, 0.4) is 0 Å². The molecule has 1 heterocycles. The number of allylic oxidation sites excluding steroid dienone is 2. The highest BCUT2D eigenvalue weighted by molar-refractivity contribution is 6.31. The van der Waals surface area contributed by atoms with Gasteiger partial charge in [-0.1, -0.05) is 132 Å². The third kappa shape index (κ3) is 14.1. The Balaban J connectivity index is 1.23. The number of ether oxygens (including phenoxy) is 1. The predicted molar refractivity (Wildman–Crippen MR) is 175 cm³/mol. The van der Waals surface area contributed by atoms with E-state index in [9.17, 15) is 4.79 Å². The fraction of sp³-hybridized carbons (Fsp3) is 0.528. The fourth-order valence-electron chi connectivity index (χ4n) is 5.18. The maximum Gasteiger partial charge on any atom is 0.228 e. The lowest BCUT2D eigenvalue weighted by atomic mass is 10.0. The zero-order valence-corrected chi connectivity index (χ0v) is 26.0. The van der Waals surface area contributed by atoms with Gasteiger partial charge in [-0.3, -0.25) is 4.79 Å². The SMILES string of the molecule is CCCCCCCCCCCCCCCCOc1ccc(CC(=O)Nc2ccc(CN3C=CC=CC3)cc2)c(Cl)c1. The lowest BCUT2D eigenvalue weighted by molar-refractivity contribution is -0.115. The molecule has 0 aliphatic carbocycles. The van der Waals surface area contributed by atoms with Gasteiger partial charge in [-0.25, -0.2) is 0 Å². The molecule has 0 atom stereocenters. The predicted octanol–water partition coefficient (Wildman–Crippen LogP) is 10.3. The molecule has 4 nitrogen and oxygen atoms in total. The van der Waals surface area contributed by atoms with Crippen molar-refractivity contribution in [3.8, 4) is 5.75 Å². The van der Waals surface area contributed by atoms with Crippen LogP contribution < -0.4 is 10.1 Å². The topological polar surface area (TPSA) is 41.6 Å². The lowest BCUT2D eigenvalue weighted by Crippen LogP contribution is -2.18. The molecule has 0 fully saturated rings. The van der Waals surface area contributed by atoms with Crippen molar-refractivity contribution in [1.82, 2.24) is 4.90 Å². The minimum Gasteiger partial charge on any atom is -0.494 e. The monoisotopic (exact) mass is 578 g/mol. The second-order valence-electron chi connectivity index (χ2n) is 11.3. The number of nitrogens with zero attached hydrogens (tertiary/aromatic N) is 1. The molecule has 3 rings (SSSR count). The van der Waals surface area contributed by atoms with Gasteiger partial charge in [0.2, 0.25) is 5.91 Å². The largest absolute Gasteiger partial charge is 0.494 e. The Morgan fingerprint density at radius 1 is 0.829 bits per heavy atom. The van der Waals surface area contributed by atoms with Gasteiger partial charge in [0.15, 0.2) is 0 Å². The summed E-state index contributed by atoms with van der Waals surface area (Å²) in [5.41, 5.74) is 2.79. The van der Waals surface area contributed by atoms with E-state index in [1.165, 1.54) is 89.0 Å². The van der Waals surface area contributed by atoms with Crippen LogP contribution in [0.15, 0.2) is 66.9 Å². The molecular formula is C36H51ClN2O2. The molecule has 0 saturated heterocycles. The number of halogens is 1. The van der Waals surface area contributed by atoms with Crippen LogP contribution in [0, 0.1) is 0 Å². The quantitative estimate of drug-likeness (QED) is 0.150. The van der Waals surface area contributed by atoms with Crippen LogP contribution in [-0.4, -0.2) is 24.0 Å².